The van der Waals surface area contributed by atoms with E-state index >= 15 is 0 Å². The Kier molecular flexibility index (Phi) is 3.94. The third-order valence-corrected chi connectivity index (χ3v) is 3.08. The van der Waals surface area contributed by atoms with Crippen LogP contribution < -0.4 is 11.1 Å². The van der Waals surface area contributed by atoms with E-state index < -0.39 is 0 Å². The molecule has 0 fully saturated rings. The zero-order valence-electron chi connectivity index (χ0n) is 11.5. The normalized spacial score (nSPS) is 12.2. The largest absolute Gasteiger partial charge is 0.383 e. The minimum Gasteiger partial charge on any atom is -0.383 e. The fourth-order valence-electron chi connectivity index (χ4n) is 1.80. The summed E-state index contributed by atoms with van der Waals surface area (Å²) in [6, 6.07) is 4.07. The SMILES string of the molecule is CCc1nc(N)c(C)c(NC(C)c2cccnc2)n1. The average molecular weight is 257 g/mol. The van der Waals surface area contributed by atoms with Crippen molar-refractivity contribution < 1.29 is 0 Å². The van der Waals surface area contributed by atoms with Crippen molar-refractivity contribution in [1.82, 2.24) is 15.0 Å². The van der Waals surface area contributed by atoms with Crippen LogP contribution >= 0.6 is 0 Å². The van der Waals surface area contributed by atoms with Crippen molar-refractivity contribution in [2.24, 2.45) is 0 Å². The third kappa shape index (κ3) is 2.99. The van der Waals surface area contributed by atoms with E-state index in [0.29, 0.717) is 5.82 Å². The number of hydrogen-bond donors (Lipinski definition) is 2. The summed E-state index contributed by atoms with van der Waals surface area (Å²) in [6.45, 7) is 6.01. The zero-order valence-corrected chi connectivity index (χ0v) is 11.5. The predicted octanol–water partition coefficient (Wildman–Crippen LogP) is 2.50. The lowest BCUT2D eigenvalue weighted by Crippen LogP contribution is -2.12. The summed E-state index contributed by atoms with van der Waals surface area (Å²) in [5, 5.41) is 3.37. The Hall–Kier alpha value is -2.17. The summed E-state index contributed by atoms with van der Waals surface area (Å²) in [6.07, 6.45) is 4.37. The molecule has 0 amide bonds. The lowest BCUT2D eigenvalue weighted by molar-refractivity contribution is 0.847. The minimum absolute atomic E-state index is 0.117. The molecule has 1 atom stereocenters. The van der Waals surface area contributed by atoms with Crippen LogP contribution in [-0.2, 0) is 6.42 Å². The molecule has 5 heteroatoms. The van der Waals surface area contributed by atoms with Gasteiger partial charge in [-0.3, -0.25) is 4.98 Å². The van der Waals surface area contributed by atoms with Crippen molar-refractivity contribution in [3.8, 4) is 0 Å². The summed E-state index contributed by atoms with van der Waals surface area (Å²) in [5.41, 5.74) is 7.90. The highest BCUT2D eigenvalue weighted by Crippen LogP contribution is 2.22. The van der Waals surface area contributed by atoms with Crippen LogP contribution in [0.3, 0.4) is 0 Å². The zero-order chi connectivity index (χ0) is 13.8. The molecule has 0 saturated heterocycles. The molecule has 2 aromatic heterocycles. The van der Waals surface area contributed by atoms with E-state index in [1.54, 1.807) is 6.20 Å². The van der Waals surface area contributed by atoms with Gasteiger partial charge in [0, 0.05) is 24.4 Å². The van der Waals surface area contributed by atoms with Crippen molar-refractivity contribution in [2.75, 3.05) is 11.1 Å². The van der Waals surface area contributed by atoms with Crippen molar-refractivity contribution in [1.29, 1.82) is 0 Å². The Morgan fingerprint density at radius 2 is 2.16 bits per heavy atom. The summed E-state index contributed by atoms with van der Waals surface area (Å²) in [7, 11) is 0. The van der Waals surface area contributed by atoms with Crippen LogP contribution in [0.5, 0.6) is 0 Å². The van der Waals surface area contributed by atoms with Gasteiger partial charge in [0.1, 0.15) is 17.5 Å². The predicted molar refractivity (Wildman–Crippen MR) is 76.8 cm³/mol. The molecule has 0 bridgehead atoms. The van der Waals surface area contributed by atoms with Crippen LogP contribution in [-0.4, -0.2) is 15.0 Å². The first kappa shape index (κ1) is 13.3. The molecular weight excluding hydrogens is 238 g/mol. The van der Waals surface area contributed by atoms with Crippen LogP contribution in [0.1, 0.15) is 36.8 Å². The van der Waals surface area contributed by atoms with Gasteiger partial charge in [-0.2, -0.15) is 0 Å². The van der Waals surface area contributed by atoms with Crippen molar-refractivity contribution in [2.45, 2.75) is 33.2 Å². The van der Waals surface area contributed by atoms with Crippen molar-refractivity contribution in [3.63, 3.8) is 0 Å². The Morgan fingerprint density at radius 3 is 2.79 bits per heavy atom. The molecule has 0 aliphatic heterocycles. The molecular formula is C14H19N5. The molecule has 0 aliphatic carbocycles. The second kappa shape index (κ2) is 5.65. The highest BCUT2D eigenvalue weighted by molar-refractivity contribution is 5.55. The van der Waals surface area contributed by atoms with Gasteiger partial charge in [0.2, 0.25) is 0 Å². The van der Waals surface area contributed by atoms with Gasteiger partial charge in [0.25, 0.3) is 0 Å². The van der Waals surface area contributed by atoms with Crippen LogP contribution in [0.25, 0.3) is 0 Å². The Bertz CT molecular complexity index is 553. The number of nitrogen functional groups attached to an aromatic ring is 1. The molecule has 3 N–H and O–H groups in total. The van der Waals surface area contributed by atoms with Gasteiger partial charge in [-0.1, -0.05) is 13.0 Å². The summed E-state index contributed by atoms with van der Waals surface area (Å²) in [4.78, 5) is 12.9. The molecule has 100 valence electrons. The van der Waals surface area contributed by atoms with E-state index in [-0.39, 0.29) is 6.04 Å². The van der Waals surface area contributed by atoms with Crippen LogP contribution in [0, 0.1) is 6.92 Å². The summed E-state index contributed by atoms with van der Waals surface area (Å²) in [5.74, 6) is 2.08. The van der Waals surface area contributed by atoms with Gasteiger partial charge < -0.3 is 11.1 Å². The first-order chi connectivity index (χ1) is 9.11. The maximum atomic E-state index is 5.91. The van der Waals surface area contributed by atoms with E-state index in [1.807, 2.05) is 32.2 Å². The molecule has 0 aromatic carbocycles. The van der Waals surface area contributed by atoms with Crippen molar-refractivity contribution >= 4 is 11.6 Å². The van der Waals surface area contributed by atoms with Gasteiger partial charge in [-0.15, -0.1) is 0 Å². The maximum absolute atomic E-state index is 5.91. The number of aromatic nitrogens is 3. The molecule has 5 nitrogen and oxygen atoms in total. The number of pyridine rings is 1. The second-order valence-corrected chi connectivity index (χ2v) is 4.50. The number of nitrogens with one attached hydrogen (secondary N) is 1. The van der Waals surface area contributed by atoms with Crippen LogP contribution in [0.4, 0.5) is 11.6 Å². The van der Waals surface area contributed by atoms with E-state index in [0.717, 1.165) is 29.2 Å². The number of rotatable bonds is 4. The molecule has 2 rings (SSSR count). The monoisotopic (exact) mass is 257 g/mol. The number of nitrogens with two attached hydrogens (primary N) is 1. The fourth-order valence-corrected chi connectivity index (χ4v) is 1.80. The minimum atomic E-state index is 0.117. The Morgan fingerprint density at radius 1 is 1.37 bits per heavy atom. The highest BCUT2D eigenvalue weighted by atomic mass is 15.1. The maximum Gasteiger partial charge on any atom is 0.135 e. The lowest BCUT2D eigenvalue weighted by atomic mass is 10.1. The standard InChI is InChI=1S/C14H19N5/c1-4-12-18-13(15)9(2)14(19-12)17-10(3)11-6-5-7-16-8-11/h5-8,10H,4H2,1-3H3,(H3,15,17,18,19). The quantitative estimate of drug-likeness (QED) is 0.880. The van der Waals surface area contributed by atoms with Gasteiger partial charge in [-0.25, -0.2) is 9.97 Å². The summed E-state index contributed by atoms with van der Waals surface area (Å²) >= 11 is 0. The fraction of sp³-hybridized carbons (Fsp3) is 0.357. The molecule has 0 radical (unpaired) electrons. The van der Waals surface area contributed by atoms with Gasteiger partial charge >= 0.3 is 0 Å². The number of anilines is 2. The number of hydrogen-bond acceptors (Lipinski definition) is 5. The molecule has 0 spiro atoms. The highest BCUT2D eigenvalue weighted by Gasteiger charge is 2.11. The average Bonchev–Trinajstić information content (AvgIpc) is 2.44. The molecule has 0 saturated carbocycles. The first-order valence-electron chi connectivity index (χ1n) is 6.41. The number of aryl methyl sites for hydroxylation is 1. The van der Waals surface area contributed by atoms with E-state index in [4.69, 9.17) is 5.73 Å². The molecule has 2 aromatic rings. The molecule has 19 heavy (non-hydrogen) atoms. The van der Waals surface area contributed by atoms with Gasteiger partial charge in [-0.05, 0) is 25.5 Å². The topological polar surface area (TPSA) is 76.7 Å². The third-order valence-electron chi connectivity index (χ3n) is 3.08. The first-order valence-corrected chi connectivity index (χ1v) is 6.41. The smallest absolute Gasteiger partial charge is 0.135 e. The lowest BCUT2D eigenvalue weighted by Gasteiger charge is -2.17. The molecule has 1 unspecified atom stereocenters. The van der Waals surface area contributed by atoms with Crippen LogP contribution in [0.2, 0.25) is 0 Å². The Balaban J connectivity index is 2.26. The second-order valence-electron chi connectivity index (χ2n) is 4.50. The van der Waals surface area contributed by atoms with Gasteiger partial charge in [0.15, 0.2) is 0 Å². The summed E-state index contributed by atoms with van der Waals surface area (Å²) < 4.78 is 0. The van der Waals surface area contributed by atoms with E-state index in [9.17, 15) is 0 Å². The van der Waals surface area contributed by atoms with Crippen molar-refractivity contribution in [3.05, 3.63) is 41.5 Å². The molecule has 0 aliphatic rings. The Labute approximate surface area is 113 Å². The molecule has 2 heterocycles. The van der Waals surface area contributed by atoms with Crippen LogP contribution in [0.15, 0.2) is 24.5 Å². The van der Waals surface area contributed by atoms with E-state index in [2.05, 4.69) is 27.2 Å². The van der Waals surface area contributed by atoms with Gasteiger partial charge in [0.05, 0.1) is 6.04 Å². The number of nitrogens with zero attached hydrogens (tertiary/aromatic N) is 3. The van der Waals surface area contributed by atoms with E-state index in [1.165, 1.54) is 0 Å².